The highest BCUT2D eigenvalue weighted by Crippen LogP contribution is 2.08. The number of aryl methyl sites for hydroxylation is 1. The number of hydrogen-bond acceptors (Lipinski definition) is 4. The van der Waals surface area contributed by atoms with Crippen LogP contribution in [0.4, 0.5) is 4.79 Å². The molecule has 0 aliphatic carbocycles. The number of amides is 1. The van der Waals surface area contributed by atoms with Crippen LogP contribution in [0, 0.1) is 6.92 Å². The number of carboxylic acid groups (broad SMARTS) is 1. The van der Waals surface area contributed by atoms with Crippen LogP contribution in [0.2, 0.25) is 0 Å². The number of aliphatic hydroxyl groups excluding tert-OH is 1. The van der Waals surface area contributed by atoms with Crippen molar-refractivity contribution in [1.82, 2.24) is 10.6 Å². The molecule has 6 nitrogen and oxygen atoms in total. The Bertz CT molecular complexity index is 612. The molecule has 1 aromatic carbocycles. The summed E-state index contributed by atoms with van der Waals surface area (Å²) in [6, 6.07) is 12.6. The smallest absolute Gasteiger partial charge is 0.404 e. The van der Waals surface area contributed by atoms with E-state index in [1.807, 2.05) is 49.4 Å². The second-order valence-corrected chi connectivity index (χ2v) is 5.46. The average molecular weight is 318 g/mol. The zero-order valence-electron chi connectivity index (χ0n) is 13.0. The summed E-state index contributed by atoms with van der Waals surface area (Å²) in [6.45, 7) is 2.61. The van der Waals surface area contributed by atoms with Crippen molar-refractivity contribution in [3.63, 3.8) is 0 Å². The van der Waals surface area contributed by atoms with Crippen LogP contribution < -0.4 is 10.6 Å². The van der Waals surface area contributed by atoms with Gasteiger partial charge in [-0.3, -0.25) is 0 Å². The first-order chi connectivity index (χ1) is 11.0. The van der Waals surface area contributed by atoms with Gasteiger partial charge in [0.25, 0.3) is 0 Å². The Morgan fingerprint density at radius 1 is 1.22 bits per heavy atom. The van der Waals surface area contributed by atoms with Gasteiger partial charge in [0, 0.05) is 6.54 Å². The van der Waals surface area contributed by atoms with Crippen LogP contribution in [0.25, 0.3) is 0 Å². The highest BCUT2D eigenvalue weighted by molar-refractivity contribution is 5.65. The Kier molecular flexibility index (Phi) is 6.19. The fourth-order valence-electron chi connectivity index (χ4n) is 2.38. The van der Waals surface area contributed by atoms with Gasteiger partial charge in [-0.25, -0.2) is 4.79 Å². The third-order valence-electron chi connectivity index (χ3n) is 3.52. The van der Waals surface area contributed by atoms with Gasteiger partial charge in [-0.2, -0.15) is 0 Å². The molecular weight excluding hydrogens is 296 g/mol. The summed E-state index contributed by atoms with van der Waals surface area (Å²) in [7, 11) is 0. The Labute approximate surface area is 135 Å². The summed E-state index contributed by atoms with van der Waals surface area (Å²) in [5.41, 5.74) is 0.965. The van der Waals surface area contributed by atoms with Crippen LogP contribution >= 0.6 is 0 Å². The van der Waals surface area contributed by atoms with Gasteiger partial charge >= 0.3 is 6.09 Å². The minimum Gasteiger partial charge on any atom is -0.465 e. The van der Waals surface area contributed by atoms with E-state index in [4.69, 9.17) is 9.52 Å². The van der Waals surface area contributed by atoms with Crippen molar-refractivity contribution < 1.29 is 19.4 Å². The van der Waals surface area contributed by atoms with Gasteiger partial charge in [-0.05, 0) is 31.0 Å². The molecule has 0 aliphatic heterocycles. The van der Waals surface area contributed by atoms with Crippen molar-refractivity contribution in [1.29, 1.82) is 0 Å². The molecule has 1 amide bonds. The molecule has 23 heavy (non-hydrogen) atoms. The van der Waals surface area contributed by atoms with Crippen LogP contribution in [0.5, 0.6) is 0 Å². The zero-order chi connectivity index (χ0) is 16.7. The SMILES string of the molecule is Cc1ccc(CNC[C@@H](O)[C@H](Cc2ccccc2)NC(=O)O)o1. The molecule has 6 heteroatoms. The summed E-state index contributed by atoms with van der Waals surface area (Å²) >= 11 is 0. The quantitative estimate of drug-likeness (QED) is 0.596. The molecule has 2 rings (SSSR count). The van der Waals surface area contributed by atoms with Gasteiger partial charge in [-0.1, -0.05) is 30.3 Å². The fraction of sp³-hybridized carbons (Fsp3) is 0.353. The lowest BCUT2D eigenvalue weighted by atomic mass is 10.0. The van der Waals surface area contributed by atoms with Gasteiger partial charge in [0.15, 0.2) is 0 Å². The van der Waals surface area contributed by atoms with E-state index in [1.165, 1.54) is 0 Å². The second kappa shape index (κ2) is 8.36. The summed E-state index contributed by atoms with van der Waals surface area (Å²) in [5, 5.41) is 24.7. The van der Waals surface area contributed by atoms with E-state index in [-0.39, 0.29) is 6.54 Å². The number of furan rings is 1. The highest BCUT2D eigenvalue weighted by Gasteiger charge is 2.21. The monoisotopic (exact) mass is 318 g/mol. The molecule has 0 radical (unpaired) electrons. The summed E-state index contributed by atoms with van der Waals surface area (Å²) in [4.78, 5) is 10.9. The second-order valence-electron chi connectivity index (χ2n) is 5.46. The molecule has 0 saturated heterocycles. The topological polar surface area (TPSA) is 94.7 Å². The Morgan fingerprint density at radius 2 is 1.96 bits per heavy atom. The first-order valence-electron chi connectivity index (χ1n) is 7.52. The molecule has 4 N–H and O–H groups in total. The van der Waals surface area contributed by atoms with Crippen LogP contribution in [-0.2, 0) is 13.0 Å². The fourth-order valence-corrected chi connectivity index (χ4v) is 2.38. The highest BCUT2D eigenvalue weighted by atomic mass is 16.4. The number of benzene rings is 1. The number of hydrogen-bond donors (Lipinski definition) is 4. The third-order valence-corrected chi connectivity index (χ3v) is 3.52. The lowest BCUT2D eigenvalue weighted by molar-refractivity contribution is 0.117. The molecule has 0 fully saturated rings. The van der Waals surface area contributed by atoms with Crippen molar-refractivity contribution in [2.24, 2.45) is 0 Å². The molecule has 2 aromatic rings. The molecule has 2 atom stereocenters. The van der Waals surface area contributed by atoms with Crippen molar-refractivity contribution in [3.05, 3.63) is 59.5 Å². The van der Waals surface area contributed by atoms with Crippen molar-refractivity contribution in [2.45, 2.75) is 32.0 Å². The standard InChI is InChI=1S/C17H22N2O4/c1-12-7-8-14(23-12)10-18-11-16(20)15(19-17(21)22)9-13-5-3-2-4-6-13/h2-8,15-16,18-20H,9-11H2,1H3,(H,21,22)/t15-,16+/m0/s1. The summed E-state index contributed by atoms with van der Waals surface area (Å²) in [6.07, 6.45) is -1.57. The molecule has 1 heterocycles. The van der Waals surface area contributed by atoms with E-state index in [9.17, 15) is 9.90 Å². The maximum absolute atomic E-state index is 10.9. The summed E-state index contributed by atoms with van der Waals surface area (Å²) < 4.78 is 5.43. The average Bonchev–Trinajstić information content (AvgIpc) is 2.92. The van der Waals surface area contributed by atoms with Crippen LogP contribution in [0.1, 0.15) is 17.1 Å². The largest absolute Gasteiger partial charge is 0.465 e. The molecule has 0 aliphatic rings. The third kappa shape index (κ3) is 5.77. The predicted molar refractivity (Wildman–Crippen MR) is 86.3 cm³/mol. The normalized spacial score (nSPS) is 13.5. The van der Waals surface area contributed by atoms with Gasteiger partial charge in [0.1, 0.15) is 11.5 Å². The van der Waals surface area contributed by atoms with E-state index in [1.54, 1.807) is 0 Å². The molecule has 0 spiro atoms. The van der Waals surface area contributed by atoms with E-state index in [0.717, 1.165) is 17.1 Å². The van der Waals surface area contributed by atoms with Gasteiger partial charge in [0.2, 0.25) is 0 Å². The number of rotatable bonds is 8. The molecule has 1 aromatic heterocycles. The predicted octanol–water partition coefficient (Wildman–Crippen LogP) is 1.92. The van der Waals surface area contributed by atoms with E-state index in [2.05, 4.69) is 10.6 Å². The number of carbonyl (C=O) groups is 1. The number of aliphatic hydroxyl groups is 1. The van der Waals surface area contributed by atoms with Crippen molar-refractivity contribution in [3.8, 4) is 0 Å². The Morgan fingerprint density at radius 3 is 2.57 bits per heavy atom. The molecule has 0 unspecified atom stereocenters. The molecule has 0 bridgehead atoms. The van der Waals surface area contributed by atoms with E-state index in [0.29, 0.717) is 13.0 Å². The molecule has 124 valence electrons. The van der Waals surface area contributed by atoms with Gasteiger partial charge in [0.05, 0.1) is 18.7 Å². The lowest BCUT2D eigenvalue weighted by Crippen LogP contribution is -2.48. The summed E-state index contributed by atoms with van der Waals surface area (Å²) in [5.74, 6) is 1.61. The molecular formula is C17H22N2O4. The number of nitrogens with one attached hydrogen (secondary N) is 2. The lowest BCUT2D eigenvalue weighted by Gasteiger charge is -2.23. The minimum absolute atomic E-state index is 0.261. The van der Waals surface area contributed by atoms with E-state index >= 15 is 0 Å². The van der Waals surface area contributed by atoms with Gasteiger partial charge < -0.3 is 25.3 Å². The zero-order valence-corrected chi connectivity index (χ0v) is 13.0. The maximum atomic E-state index is 10.9. The van der Waals surface area contributed by atoms with Crippen LogP contribution in [0.15, 0.2) is 46.9 Å². The van der Waals surface area contributed by atoms with Crippen LogP contribution in [0.3, 0.4) is 0 Å². The van der Waals surface area contributed by atoms with E-state index < -0.39 is 18.2 Å². The van der Waals surface area contributed by atoms with Crippen molar-refractivity contribution in [2.75, 3.05) is 6.54 Å². The Hall–Kier alpha value is -2.31. The maximum Gasteiger partial charge on any atom is 0.404 e. The van der Waals surface area contributed by atoms with Gasteiger partial charge in [-0.15, -0.1) is 0 Å². The minimum atomic E-state index is -1.15. The Balaban J connectivity index is 1.87. The molecule has 0 saturated carbocycles. The first-order valence-corrected chi connectivity index (χ1v) is 7.52. The first kappa shape index (κ1) is 17.1. The van der Waals surface area contributed by atoms with Crippen molar-refractivity contribution >= 4 is 6.09 Å². The van der Waals surface area contributed by atoms with Crippen LogP contribution in [-0.4, -0.2) is 35.0 Å².